The molecule has 0 atom stereocenters. The lowest BCUT2D eigenvalue weighted by Crippen LogP contribution is -2.23. The van der Waals surface area contributed by atoms with Crippen molar-refractivity contribution in [1.29, 1.82) is 0 Å². The molecule has 0 amide bonds. The summed E-state index contributed by atoms with van der Waals surface area (Å²) in [5, 5.41) is 3.70. The largest absolute Gasteiger partial charge is 0.364 e. The van der Waals surface area contributed by atoms with E-state index in [1.165, 1.54) is 24.7 Å². The molecule has 0 spiro atoms. The van der Waals surface area contributed by atoms with Gasteiger partial charge in [-0.05, 0) is 6.07 Å². The summed E-state index contributed by atoms with van der Waals surface area (Å²) in [4.78, 5) is 3.65. The maximum absolute atomic E-state index is 11.9. The molecule has 0 aliphatic heterocycles. The number of halogens is 1. The number of hydrogen-bond donors (Lipinski definition) is 1. The molecular weight excluding hydrogens is 266 g/mol. The zero-order valence-corrected chi connectivity index (χ0v) is 10.1. The topological polar surface area (TPSA) is 85.1 Å². The van der Waals surface area contributed by atoms with Crippen LogP contribution in [0.2, 0.25) is 5.02 Å². The molecule has 8 heteroatoms. The predicted molar refractivity (Wildman–Crippen MR) is 59.8 cm³/mol. The van der Waals surface area contributed by atoms with Crippen molar-refractivity contribution in [3.05, 3.63) is 41.5 Å². The van der Waals surface area contributed by atoms with E-state index in [1.54, 1.807) is 6.07 Å². The van der Waals surface area contributed by atoms with Crippen LogP contribution >= 0.6 is 11.6 Å². The first-order valence-electron chi connectivity index (χ1n) is 4.58. The van der Waals surface area contributed by atoms with Crippen molar-refractivity contribution >= 4 is 21.6 Å². The molecule has 2 rings (SSSR count). The smallest absolute Gasteiger partial charge is 0.243 e. The Morgan fingerprint density at radius 1 is 1.41 bits per heavy atom. The molecule has 0 unspecified atom stereocenters. The fourth-order valence-electron chi connectivity index (χ4n) is 1.14. The van der Waals surface area contributed by atoms with E-state index in [2.05, 4.69) is 19.4 Å². The third kappa shape index (κ3) is 2.82. The maximum atomic E-state index is 11.9. The number of rotatable bonds is 4. The number of nitrogens with one attached hydrogen (secondary N) is 1. The Bertz CT molecular complexity index is 598. The molecule has 2 heterocycles. The van der Waals surface area contributed by atoms with Crippen LogP contribution in [-0.4, -0.2) is 18.6 Å². The molecule has 0 aromatic carbocycles. The lowest BCUT2D eigenvalue weighted by Gasteiger charge is -2.05. The molecule has 0 fully saturated rings. The van der Waals surface area contributed by atoms with Crippen molar-refractivity contribution in [2.24, 2.45) is 0 Å². The summed E-state index contributed by atoms with van der Waals surface area (Å²) >= 11 is 5.78. The highest BCUT2D eigenvalue weighted by molar-refractivity contribution is 7.89. The summed E-state index contributed by atoms with van der Waals surface area (Å²) in [5.41, 5.74) is 0.480. The van der Waals surface area contributed by atoms with Crippen LogP contribution in [0.1, 0.15) is 5.69 Å². The van der Waals surface area contributed by atoms with Crippen LogP contribution in [0.3, 0.4) is 0 Å². The van der Waals surface area contributed by atoms with Gasteiger partial charge < -0.3 is 4.52 Å². The molecule has 0 saturated carbocycles. The van der Waals surface area contributed by atoms with Crippen molar-refractivity contribution in [2.45, 2.75) is 11.4 Å². The second-order valence-electron chi connectivity index (χ2n) is 3.12. The molecule has 2 aromatic heterocycles. The highest BCUT2D eigenvalue weighted by Gasteiger charge is 2.17. The van der Waals surface area contributed by atoms with Gasteiger partial charge in [-0.1, -0.05) is 16.8 Å². The standard InChI is InChI=1S/C9H8ClN3O3S/c10-8-1-3-11-6-9(8)17(14,15)12-5-7-2-4-16-13-7/h1-4,6,12H,5H2. The van der Waals surface area contributed by atoms with E-state index in [1.807, 2.05) is 0 Å². The van der Waals surface area contributed by atoms with E-state index >= 15 is 0 Å². The molecule has 1 N–H and O–H groups in total. The van der Waals surface area contributed by atoms with Gasteiger partial charge >= 0.3 is 0 Å². The van der Waals surface area contributed by atoms with E-state index in [4.69, 9.17) is 11.6 Å². The Labute approximate surface area is 103 Å². The predicted octanol–water partition coefficient (Wildman–Crippen LogP) is 1.20. The minimum Gasteiger partial charge on any atom is -0.364 e. The summed E-state index contributed by atoms with van der Waals surface area (Å²) in [6.45, 7) is 0.0318. The first-order chi connectivity index (χ1) is 8.09. The summed E-state index contributed by atoms with van der Waals surface area (Å²) in [6.07, 6.45) is 3.97. The van der Waals surface area contributed by atoms with Crippen LogP contribution in [0.15, 0.2) is 40.2 Å². The van der Waals surface area contributed by atoms with Gasteiger partial charge in [0.15, 0.2) is 0 Å². The minimum atomic E-state index is -3.69. The summed E-state index contributed by atoms with van der Waals surface area (Å²) in [7, 11) is -3.69. The number of hydrogen-bond acceptors (Lipinski definition) is 5. The lowest BCUT2D eigenvalue weighted by atomic mass is 10.5. The average molecular weight is 274 g/mol. The molecule has 2 aromatic rings. The Hall–Kier alpha value is -1.44. The maximum Gasteiger partial charge on any atom is 0.243 e. The summed E-state index contributed by atoms with van der Waals surface area (Å²) < 4.78 is 30.6. The van der Waals surface area contributed by atoms with Gasteiger partial charge in [-0.3, -0.25) is 4.98 Å². The third-order valence-electron chi connectivity index (χ3n) is 1.96. The fourth-order valence-corrected chi connectivity index (χ4v) is 2.56. The van der Waals surface area contributed by atoms with Gasteiger partial charge in [0.2, 0.25) is 10.0 Å². The monoisotopic (exact) mass is 273 g/mol. The molecule has 17 heavy (non-hydrogen) atoms. The Morgan fingerprint density at radius 2 is 2.24 bits per heavy atom. The number of pyridine rings is 1. The third-order valence-corrected chi connectivity index (χ3v) is 3.83. The van der Waals surface area contributed by atoms with Gasteiger partial charge in [0, 0.05) is 18.5 Å². The van der Waals surface area contributed by atoms with Gasteiger partial charge in [0.1, 0.15) is 11.2 Å². The molecule has 0 radical (unpaired) electrons. The molecule has 6 nitrogen and oxygen atoms in total. The second kappa shape index (κ2) is 4.82. The van der Waals surface area contributed by atoms with Crippen LogP contribution < -0.4 is 4.72 Å². The van der Waals surface area contributed by atoms with Crippen molar-refractivity contribution in [2.75, 3.05) is 0 Å². The zero-order chi connectivity index (χ0) is 12.3. The van der Waals surface area contributed by atoms with E-state index in [-0.39, 0.29) is 16.5 Å². The Balaban J connectivity index is 2.17. The SMILES string of the molecule is O=S(=O)(NCc1ccon1)c1cnccc1Cl. The van der Waals surface area contributed by atoms with Gasteiger partial charge in [-0.25, -0.2) is 13.1 Å². The van der Waals surface area contributed by atoms with Gasteiger partial charge in [-0.2, -0.15) is 0 Å². The highest BCUT2D eigenvalue weighted by atomic mass is 35.5. The first-order valence-corrected chi connectivity index (χ1v) is 6.44. The first kappa shape index (κ1) is 12.0. The van der Waals surface area contributed by atoms with E-state index in [0.717, 1.165) is 0 Å². The van der Waals surface area contributed by atoms with Crippen LogP contribution in [0.5, 0.6) is 0 Å². The number of sulfonamides is 1. The summed E-state index contributed by atoms with van der Waals surface area (Å²) in [6, 6.07) is 2.97. The fraction of sp³-hybridized carbons (Fsp3) is 0.111. The molecular formula is C9H8ClN3O3S. The highest BCUT2D eigenvalue weighted by Crippen LogP contribution is 2.18. The average Bonchev–Trinajstić information content (AvgIpc) is 2.80. The van der Waals surface area contributed by atoms with Crippen LogP contribution in [0.25, 0.3) is 0 Å². The van der Waals surface area contributed by atoms with Crippen LogP contribution in [-0.2, 0) is 16.6 Å². The molecule has 0 saturated heterocycles. The van der Waals surface area contributed by atoms with Crippen molar-refractivity contribution in [1.82, 2.24) is 14.9 Å². The zero-order valence-electron chi connectivity index (χ0n) is 8.50. The van der Waals surface area contributed by atoms with Crippen molar-refractivity contribution in [3.8, 4) is 0 Å². The minimum absolute atomic E-state index is 0.0318. The van der Waals surface area contributed by atoms with E-state index in [0.29, 0.717) is 5.69 Å². The Kier molecular flexibility index (Phi) is 3.41. The van der Waals surface area contributed by atoms with Crippen molar-refractivity contribution < 1.29 is 12.9 Å². The Morgan fingerprint density at radius 3 is 2.88 bits per heavy atom. The second-order valence-corrected chi connectivity index (χ2v) is 5.26. The summed E-state index contributed by atoms with van der Waals surface area (Å²) in [5.74, 6) is 0. The van der Waals surface area contributed by atoms with E-state index < -0.39 is 10.0 Å². The van der Waals surface area contributed by atoms with Crippen molar-refractivity contribution in [3.63, 3.8) is 0 Å². The number of nitrogens with zero attached hydrogens (tertiary/aromatic N) is 2. The van der Waals surface area contributed by atoms with Crippen LogP contribution in [0, 0.1) is 0 Å². The van der Waals surface area contributed by atoms with Crippen LogP contribution in [0.4, 0.5) is 0 Å². The normalized spacial score (nSPS) is 11.6. The molecule has 0 aliphatic rings. The van der Waals surface area contributed by atoms with Gasteiger partial charge in [-0.15, -0.1) is 0 Å². The quantitative estimate of drug-likeness (QED) is 0.905. The lowest BCUT2D eigenvalue weighted by molar-refractivity contribution is 0.411. The van der Waals surface area contributed by atoms with Gasteiger partial charge in [0.25, 0.3) is 0 Å². The molecule has 0 aliphatic carbocycles. The molecule has 90 valence electrons. The number of aromatic nitrogens is 2. The van der Waals surface area contributed by atoms with E-state index in [9.17, 15) is 8.42 Å². The molecule has 0 bridgehead atoms. The van der Waals surface area contributed by atoms with Gasteiger partial charge in [0.05, 0.1) is 17.3 Å².